The van der Waals surface area contributed by atoms with E-state index in [1.807, 2.05) is 0 Å². The molecule has 0 radical (unpaired) electrons. The summed E-state index contributed by atoms with van der Waals surface area (Å²) in [6.07, 6.45) is 5.54. The Hall–Kier alpha value is -2.38. The topological polar surface area (TPSA) is 95.1 Å². The van der Waals surface area contributed by atoms with Gasteiger partial charge in [0.2, 0.25) is 0 Å². The summed E-state index contributed by atoms with van der Waals surface area (Å²) in [6.45, 7) is 3.45. The highest BCUT2D eigenvalue weighted by molar-refractivity contribution is 5.87. The number of nitrogens with one attached hydrogen (secondary N) is 1. The van der Waals surface area contributed by atoms with Crippen molar-refractivity contribution in [2.75, 3.05) is 18.5 Å². The Labute approximate surface area is 109 Å². The molecule has 0 bridgehead atoms. The van der Waals surface area contributed by atoms with E-state index in [9.17, 15) is 4.79 Å². The average Bonchev–Trinajstić information content (AvgIpc) is 3.06. The molecule has 0 amide bonds. The van der Waals surface area contributed by atoms with Gasteiger partial charge in [-0.3, -0.25) is 4.68 Å². The molecule has 0 saturated carbocycles. The minimum atomic E-state index is -0.484. The molecule has 0 aliphatic carbocycles. The number of aryl methyl sites for hydroxylation is 1. The van der Waals surface area contributed by atoms with Crippen LogP contribution in [0.15, 0.2) is 23.1 Å². The second-order valence-corrected chi connectivity index (χ2v) is 3.70. The van der Waals surface area contributed by atoms with Gasteiger partial charge in [0.25, 0.3) is 6.01 Å². The zero-order chi connectivity index (χ0) is 13.5. The number of esters is 1. The Bertz CT molecular complexity index is 508. The van der Waals surface area contributed by atoms with Crippen molar-refractivity contribution in [3.05, 3.63) is 24.4 Å². The van der Waals surface area contributed by atoms with E-state index in [1.54, 1.807) is 24.0 Å². The Morgan fingerprint density at radius 2 is 2.47 bits per heavy atom. The number of hydrogen-bond acceptors (Lipinski definition) is 7. The average molecular weight is 265 g/mol. The summed E-state index contributed by atoms with van der Waals surface area (Å²) in [5.41, 5.74) is 0.167. The summed E-state index contributed by atoms with van der Waals surface area (Å²) < 4.78 is 11.7. The van der Waals surface area contributed by atoms with Crippen molar-refractivity contribution in [1.29, 1.82) is 0 Å². The van der Waals surface area contributed by atoms with Gasteiger partial charge in [-0.15, -0.1) is 5.10 Å². The van der Waals surface area contributed by atoms with Crippen LogP contribution < -0.4 is 5.32 Å². The largest absolute Gasteiger partial charge is 0.461 e. The summed E-state index contributed by atoms with van der Waals surface area (Å²) in [5.74, 6) is -0.484. The van der Waals surface area contributed by atoms with Gasteiger partial charge in [-0.05, 0) is 13.3 Å². The maximum atomic E-state index is 11.4. The molecule has 2 aromatic rings. The minimum absolute atomic E-state index is 0.167. The lowest BCUT2D eigenvalue weighted by molar-refractivity contribution is 0.0519. The lowest BCUT2D eigenvalue weighted by Crippen LogP contribution is -2.08. The molecule has 19 heavy (non-hydrogen) atoms. The first-order valence-corrected chi connectivity index (χ1v) is 6.00. The van der Waals surface area contributed by atoms with Crippen molar-refractivity contribution in [3.63, 3.8) is 0 Å². The van der Waals surface area contributed by atoms with Gasteiger partial charge in [-0.25, -0.2) is 4.79 Å². The fourth-order valence-electron chi connectivity index (χ4n) is 1.44. The molecule has 1 N–H and O–H groups in total. The molecular formula is C11H15N5O3. The minimum Gasteiger partial charge on any atom is -0.461 e. The number of nitrogens with zero attached hydrogens (tertiary/aromatic N) is 4. The molecule has 0 atom stereocenters. The van der Waals surface area contributed by atoms with Crippen LogP contribution in [0.25, 0.3) is 0 Å². The summed E-state index contributed by atoms with van der Waals surface area (Å²) in [5, 5.41) is 10.5. The first-order valence-electron chi connectivity index (χ1n) is 6.00. The van der Waals surface area contributed by atoms with Gasteiger partial charge in [-0.2, -0.15) is 4.98 Å². The summed E-state index contributed by atoms with van der Waals surface area (Å²) in [7, 11) is 0. The highest BCUT2D eigenvalue weighted by Crippen LogP contribution is 2.08. The maximum absolute atomic E-state index is 11.4. The lowest BCUT2D eigenvalue weighted by atomic mass is 10.4. The third-order valence-electron chi connectivity index (χ3n) is 2.30. The van der Waals surface area contributed by atoms with Crippen LogP contribution >= 0.6 is 0 Å². The van der Waals surface area contributed by atoms with Crippen molar-refractivity contribution in [2.24, 2.45) is 0 Å². The Morgan fingerprint density at radius 1 is 1.58 bits per heavy atom. The van der Waals surface area contributed by atoms with Crippen LogP contribution in [0.2, 0.25) is 0 Å². The summed E-state index contributed by atoms with van der Waals surface area (Å²) >= 11 is 0. The number of ether oxygens (including phenoxy) is 1. The number of carbonyl (C=O) groups excluding carboxylic acids is 1. The lowest BCUT2D eigenvalue weighted by Gasteiger charge is -2.01. The highest BCUT2D eigenvalue weighted by Gasteiger charge is 2.12. The predicted octanol–water partition coefficient (Wildman–Crippen LogP) is 0.945. The Morgan fingerprint density at radius 3 is 3.21 bits per heavy atom. The van der Waals surface area contributed by atoms with Gasteiger partial charge in [0.15, 0.2) is 5.69 Å². The SMILES string of the molecule is CCOC(=O)c1coc(NCCCn2ccnn2)n1. The van der Waals surface area contributed by atoms with Gasteiger partial charge >= 0.3 is 5.97 Å². The molecule has 2 rings (SSSR count). The number of anilines is 1. The summed E-state index contributed by atoms with van der Waals surface area (Å²) in [6, 6.07) is 0.307. The predicted molar refractivity (Wildman–Crippen MR) is 65.6 cm³/mol. The van der Waals surface area contributed by atoms with Crippen LogP contribution in [0, 0.1) is 0 Å². The van der Waals surface area contributed by atoms with E-state index in [2.05, 4.69) is 20.6 Å². The van der Waals surface area contributed by atoms with Crippen molar-refractivity contribution in [1.82, 2.24) is 20.0 Å². The van der Waals surface area contributed by atoms with Gasteiger partial charge in [0.05, 0.1) is 12.8 Å². The van der Waals surface area contributed by atoms with E-state index in [0.717, 1.165) is 13.0 Å². The molecule has 0 saturated heterocycles. The monoisotopic (exact) mass is 265 g/mol. The second kappa shape index (κ2) is 6.53. The van der Waals surface area contributed by atoms with E-state index < -0.39 is 5.97 Å². The number of hydrogen-bond donors (Lipinski definition) is 1. The van der Waals surface area contributed by atoms with Crippen LogP contribution in [-0.2, 0) is 11.3 Å². The molecule has 0 spiro atoms. The normalized spacial score (nSPS) is 10.4. The van der Waals surface area contributed by atoms with E-state index in [-0.39, 0.29) is 5.69 Å². The number of rotatable bonds is 7. The molecule has 0 unspecified atom stereocenters. The van der Waals surface area contributed by atoms with Crippen molar-refractivity contribution in [2.45, 2.75) is 19.9 Å². The van der Waals surface area contributed by atoms with Crippen LogP contribution in [0.1, 0.15) is 23.8 Å². The van der Waals surface area contributed by atoms with Gasteiger partial charge in [-0.1, -0.05) is 5.21 Å². The molecule has 2 heterocycles. The fourth-order valence-corrected chi connectivity index (χ4v) is 1.44. The van der Waals surface area contributed by atoms with E-state index in [1.165, 1.54) is 6.26 Å². The quantitative estimate of drug-likeness (QED) is 0.588. The molecule has 2 aromatic heterocycles. The van der Waals surface area contributed by atoms with Crippen molar-refractivity contribution in [3.8, 4) is 0 Å². The number of carbonyl (C=O) groups is 1. The second-order valence-electron chi connectivity index (χ2n) is 3.70. The third-order valence-corrected chi connectivity index (χ3v) is 2.30. The van der Waals surface area contributed by atoms with Crippen LogP contribution in [-0.4, -0.2) is 39.1 Å². The third kappa shape index (κ3) is 3.80. The number of oxazole rings is 1. The zero-order valence-corrected chi connectivity index (χ0v) is 10.6. The van der Waals surface area contributed by atoms with Gasteiger partial charge in [0, 0.05) is 19.3 Å². The van der Waals surface area contributed by atoms with Gasteiger partial charge in [0.1, 0.15) is 6.26 Å². The first kappa shape index (κ1) is 13.1. The fraction of sp³-hybridized carbons (Fsp3) is 0.455. The molecule has 0 aliphatic rings. The molecule has 102 valence electrons. The Kier molecular flexibility index (Phi) is 4.49. The molecule has 8 heteroatoms. The van der Waals surface area contributed by atoms with E-state index in [4.69, 9.17) is 9.15 Å². The molecule has 8 nitrogen and oxygen atoms in total. The molecule has 0 aromatic carbocycles. The van der Waals surface area contributed by atoms with Crippen LogP contribution in [0.5, 0.6) is 0 Å². The van der Waals surface area contributed by atoms with Crippen molar-refractivity contribution < 1.29 is 13.9 Å². The van der Waals surface area contributed by atoms with Crippen LogP contribution in [0.3, 0.4) is 0 Å². The molecule has 0 aliphatic heterocycles. The van der Waals surface area contributed by atoms with Gasteiger partial charge < -0.3 is 14.5 Å². The standard InChI is InChI=1S/C11H15N5O3/c1-2-18-10(17)9-8-19-11(14-9)12-4-3-6-16-7-5-13-15-16/h5,7-8H,2-4,6H2,1H3,(H,12,14). The summed E-state index contributed by atoms with van der Waals surface area (Å²) in [4.78, 5) is 15.3. The Balaban J connectivity index is 1.72. The van der Waals surface area contributed by atoms with E-state index >= 15 is 0 Å². The molecular weight excluding hydrogens is 250 g/mol. The number of aromatic nitrogens is 4. The zero-order valence-electron chi connectivity index (χ0n) is 10.6. The van der Waals surface area contributed by atoms with Crippen LogP contribution in [0.4, 0.5) is 6.01 Å². The van der Waals surface area contributed by atoms with Crippen molar-refractivity contribution >= 4 is 12.0 Å². The van der Waals surface area contributed by atoms with E-state index in [0.29, 0.717) is 19.2 Å². The molecule has 0 fully saturated rings. The maximum Gasteiger partial charge on any atom is 0.360 e. The smallest absolute Gasteiger partial charge is 0.360 e. The first-order chi connectivity index (χ1) is 9.29. The highest BCUT2D eigenvalue weighted by atomic mass is 16.5.